The molecule has 0 fully saturated rings. The van der Waals surface area contributed by atoms with Gasteiger partial charge >= 0.3 is 0 Å². The molecule has 4 nitrogen and oxygen atoms in total. The number of aromatic nitrogens is 2. The van der Waals surface area contributed by atoms with Crippen molar-refractivity contribution in [3.63, 3.8) is 0 Å². The second-order valence-electron chi connectivity index (χ2n) is 4.36. The summed E-state index contributed by atoms with van der Waals surface area (Å²) in [6, 6.07) is 0. The third kappa shape index (κ3) is 4.08. The summed E-state index contributed by atoms with van der Waals surface area (Å²) in [5.74, 6) is 0. The first kappa shape index (κ1) is 14.7. The van der Waals surface area contributed by atoms with Gasteiger partial charge in [-0.2, -0.15) is 5.10 Å². The maximum Gasteiger partial charge on any atom is 0.0767 e. The van der Waals surface area contributed by atoms with E-state index in [0.29, 0.717) is 0 Å². The number of halogens is 1. The molecule has 0 saturated carbocycles. The summed E-state index contributed by atoms with van der Waals surface area (Å²) >= 11 is 3.65. The molecule has 98 valence electrons. The van der Waals surface area contributed by atoms with E-state index in [1.54, 1.807) is 0 Å². The Kier molecular flexibility index (Phi) is 6.16. The number of aryl methyl sites for hydroxylation is 2. The molecule has 1 heterocycles. The van der Waals surface area contributed by atoms with Gasteiger partial charge in [0.25, 0.3) is 0 Å². The Bertz CT molecular complexity index is 347. The van der Waals surface area contributed by atoms with Crippen molar-refractivity contribution in [2.75, 3.05) is 27.2 Å². The summed E-state index contributed by atoms with van der Waals surface area (Å²) in [5.41, 5.74) is 2.40. The summed E-state index contributed by atoms with van der Waals surface area (Å²) in [5, 5.41) is 8.03. The van der Waals surface area contributed by atoms with E-state index in [2.05, 4.69) is 63.9 Å². The predicted molar refractivity (Wildman–Crippen MR) is 75.2 cm³/mol. The van der Waals surface area contributed by atoms with Crippen LogP contribution in [0, 0.1) is 0 Å². The monoisotopic (exact) mass is 302 g/mol. The molecular weight excluding hydrogens is 280 g/mol. The van der Waals surface area contributed by atoms with E-state index in [-0.39, 0.29) is 0 Å². The highest BCUT2D eigenvalue weighted by Crippen LogP contribution is 2.22. The molecule has 0 radical (unpaired) electrons. The van der Waals surface area contributed by atoms with Gasteiger partial charge in [0, 0.05) is 26.2 Å². The molecule has 1 aromatic heterocycles. The Balaban J connectivity index is 2.59. The molecule has 0 aliphatic rings. The molecule has 1 aromatic rings. The highest BCUT2D eigenvalue weighted by Gasteiger charge is 2.12. The molecule has 0 bridgehead atoms. The average molecular weight is 303 g/mol. The maximum absolute atomic E-state index is 4.58. The summed E-state index contributed by atoms with van der Waals surface area (Å²) in [7, 11) is 4.17. The Morgan fingerprint density at radius 2 is 2.06 bits per heavy atom. The van der Waals surface area contributed by atoms with Gasteiger partial charge in [-0.3, -0.25) is 4.68 Å². The summed E-state index contributed by atoms with van der Waals surface area (Å²) in [6.45, 7) is 8.10. The normalized spacial score (nSPS) is 11.4. The fourth-order valence-electron chi connectivity index (χ4n) is 1.70. The van der Waals surface area contributed by atoms with E-state index in [9.17, 15) is 0 Å². The zero-order valence-corrected chi connectivity index (χ0v) is 12.8. The van der Waals surface area contributed by atoms with Gasteiger partial charge in [0.15, 0.2) is 0 Å². The minimum absolute atomic E-state index is 0.870. The van der Waals surface area contributed by atoms with E-state index in [4.69, 9.17) is 0 Å². The summed E-state index contributed by atoms with van der Waals surface area (Å²) in [4.78, 5) is 2.18. The van der Waals surface area contributed by atoms with Crippen LogP contribution in [0.3, 0.4) is 0 Å². The molecule has 0 amide bonds. The van der Waals surface area contributed by atoms with Gasteiger partial charge in [-0.1, -0.05) is 6.92 Å². The Hall–Kier alpha value is -0.390. The lowest BCUT2D eigenvalue weighted by atomic mass is 10.3. The standard InChI is InChI=1S/C12H23BrN4/c1-5-10-12(13)11(17(6-2)15-10)9-14-7-8-16(3)4/h14H,5-9H2,1-4H3. The van der Waals surface area contributed by atoms with Gasteiger partial charge in [-0.15, -0.1) is 0 Å². The Morgan fingerprint density at radius 1 is 1.35 bits per heavy atom. The minimum Gasteiger partial charge on any atom is -0.310 e. The second-order valence-corrected chi connectivity index (χ2v) is 5.15. The van der Waals surface area contributed by atoms with E-state index in [1.807, 2.05) is 0 Å². The summed E-state index contributed by atoms with van der Waals surface area (Å²) in [6.07, 6.45) is 0.971. The van der Waals surface area contributed by atoms with Crippen molar-refractivity contribution >= 4 is 15.9 Å². The Morgan fingerprint density at radius 3 is 2.59 bits per heavy atom. The summed E-state index contributed by atoms with van der Waals surface area (Å²) < 4.78 is 3.24. The van der Waals surface area contributed by atoms with Crippen LogP contribution < -0.4 is 5.32 Å². The van der Waals surface area contributed by atoms with Crippen molar-refractivity contribution in [3.8, 4) is 0 Å². The first-order chi connectivity index (χ1) is 8.10. The van der Waals surface area contributed by atoms with Crippen molar-refractivity contribution in [2.45, 2.75) is 33.4 Å². The zero-order valence-electron chi connectivity index (χ0n) is 11.3. The highest BCUT2D eigenvalue weighted by molar-refractivity contribution is 9.10. The number of likely N-dealkylation sites (N-methyl/N-ethyl adjacent to an activating group) is 1. The third-order valence-electron chi connectivity index (χ3n) is 2.72. The van der Waals surface area contributed by atoms with Crippen LogP contribution in [0.4, 0.5) is 0 Å². The van der Waals surface area contributed by atoms with E-state index in [1.165, 1.54) is 10.2 Å². The van der Waals surface area contributed by atoms with Crippen LogP contribution in [0.15, 0.2) is 4.47 Å². The van der Waals surface area contributed by atoms with Crippen LogP contribution in [0.1, 0.15) is 25.2 Å². The van der Waals surface area contributed by atoms with E-state index < -0.39 is 0 Å². The molecule has 0 aliphatic heterocycles. The van der Waals surface area contributed by atoms with Gasteiger partial charge < -0.3 is 10.2 Å². The van der Waals surface area contributed by atoms with E-state index >= 15 is 0 Å². The SMILES string of the molecule is CCc1nn(CC)c(CNCCN(C)C)c1Br. The number of rotatable bonds is 7. The van der Waals surface area contributed by atoms with Gasteiger partial charge in [0.2, 0.25) is 0 Å². The molecule has 0 atom stereocenters. The molecule has 0 unspecified atom stereocenters. The zero-order chi connectivity index (χ0) is 12.8. The van der Waals surface area contributed by atoms with Crippen molar-refractivity contribution in [3.05, 3.63) is 15.9 Å². The number of nitrogens with one attached hydrogen (secondary N) is 1. The quantitative estimate of drug-likeness (QED) is 0.781. The lowest BCUT2D eigenvalue weighted by Gasteiger charge is -2.11. The maximum atomic E-state index is 4.58. The fourth-order valence-corrected chi connectivity index (χ4v) is 2.40. The molecule has 5 heteroatoms. The van der Waals surface area contributed by atoms with Crippen LogP contribution in [0.5, 0.6) is 0 Å². The number of hydrogen-bond donors (Lipinski definition) is 1. The number of nitrogens with zero attached hydrogens (tertiary/aromatic N) is 3. The van der Waals surface area contributed by atoms with Crippen LogP contribution >= 0.6 is 15.9 Å². The van der Waals surface area contributed by atoms with Crippen LogP contribution in [-0.4, -0.2) is 41.9 Å². The van der Waals surface area contributed by atoms with Gasteiger partial charge in [-0.05, 0) is 43.4 Å². The molecular formula is C12H23BrN4. The largest absolute Gasteiger partial charge is 0.310 e. The molecule has 17 heavy (non-hydrogen) atoms. The lowest BCUT2D eigenvalue weighted by molar-refractivity contribution is 0.397. The van der Waals surface area contributed by atoms with Crippen LogP contribution in [0.2, 0.25) is 0 Å². The molecule has 0 aliphatic carbocycles. The Labute approximate surface area is 113 Å². The van der Waals surface area contributed by atoms with Gasteiger partial charge in [-0.25, -0.2) is 0 Å². The van der Waals surface area contributed by atoms with Crippen molar-refractivity contribution < 1.29 is 0 Å². The topological polar surface area (TPSA) is 33.1 Å². The molecule has 0 spiro atoms. The number of hydrogen-bond acceptors (Lipinski definition) is 3. The van der Waals surface area contributed by atoms with E-state index in [0.717, 1.165) is 38.3 Å². The third-order valence-corrected chi connectivity index (χ3v) is 3.64. The molecule has 1 N–H and O–H groups in total. The first-order valence-electron chi connectivity index (χ1n) is 6.19. The van der Waals surface area contributed by atoms with Crippen molar-refractivity contribution in [1.29, 1.82) is 0 Å². The second kappa shape index (κ2) is 7.13. The van der Waals surface area contributed by atoms with Crippen LogP contribution in [0.25, 0.3) is 0 Å². The van der Waals surface area contributed by atoms with Gasteiger partial charge in [0.05, 0.1) is 15.9 Å². The van der Waals surface area contributed by atoms with Gasteiger partial charge in [0.1, 0.15) is 0 Å². The fraction of sp³-hybridized carbons (Fsp3) is 0.750. The molecule has 0 aromatic carbocycles. The van der Waals surface area contributed by atoms with Crippen molar-refractivity contribution in [1.82, 2.24) is 20.0 Å². The molecule has 1 rings (SSSR count). The lowest BCUT2D eigenvalue weighted by Crippen LogP contribution is -2.27. The molecule has 0 saturated heterocycles. The highest BCUT2D eigenvalue weighted by atomic mass is 79.9. The smallest absolute Gasteiger partial charge is 0.0767 e. The van der Waals surface area contributed by atoms with Crippen LogP contribution in [-0.2, 0) is 19.5 Å². The minimum atomic E-state index is 0.870. The van der Waals surface area contributed by atoms with Crippen molar-refractivity contribution in [2.24, 2.45) is 0 Å². The average Bonchev–Trinajstić information content (AvgIpc) is 2.61. The first-order valence-corrected chi connectivity index (χ1v) is 6.98. The predicted octanol–water partition coefficient (Wildman–Crippen LogP) is 1.88.